The van der Waals surface area contributed by atoms with E-state index in [2.05, 4.69) is 15.2 Å². The summed E-state index contributed by atoms with van der Waals surface area (Å²) in [4.78, 5) is 32.3. The summed E-state index contributed by atoms with van der Waals surface area (Å²) in [7, 11) is 1.69. The van der Waals surface area contributed by atoms with Gasteiger partial charge in [0, 0.05) is 26.6 Å². The van der Waals surface area contributed by atoms with Gasteiger partial charge in [-0.2, -0.15) is 0 Å². The summed E-state index contributed by atoms with van der Waals surface area (Å²) >= 11 is 0. The molecule has 1 aliphatic carbocycles. The number of nitrogens with one attached hydrogen (secondary N) is 1. The first-order valence-corrected chi connectivity index (χ1v) is 11.4. The maximum atomic E-state index is 13.0. The molecular weight excluding hydrogens is 417 g/mol. The molecule has 1 aromatic rings. The fraction of sp³-hybridized carbons (Fsp3) is 0.696. The molecule has 0 radical (unpaired) electrons. The van der Waals surface area contributed by atoms with Crippen LogP contribution in [0.5, 0.6) is 5.88 Å². The number of halogens is 1. The summed E-state index contributed by atoms with van der Waals surface area (Å²) in [6.45, 7) is 5.08. The molecule has 0 aromatic carbocycles. The summed E-state index contributed by atoms with van der Waals surface area (Å²) in [5.41, 5.74) is -0.184. The fourth-order valence-electron chi connectivity index (χ4n) is 3.58. The number of carbonyl (C=O) groups is 2. The van der Waals surface area contributed by atoms with Crippen molar-refractivity contribution in [1.82, 2.24) is 10.3 Å². The minimum absolute atomic E-state index is 0.0165. The molecule has 1 saturated carbocycles. The summed E-state index contributed by atoms with van der Waals surface area (Å²) in [5.74, 6) is -0.0740. The van der Waals surface area contributed by atoms with Crippen LogP contribution in [0.25, 0.3) is 0 Å². The number of hydrogen-bond donors (Lipinski definition) is 1. The van der Waals surface area contributed by atoms with Crippen molar-refractivity contribution in [3.05, 3.63) is 17.8 Å². The second-order valence-corrected chi connectivity index (χ2v) is 8.46. The van der Waals surface area contributed by atoms with Gasteiger partial charge in [0.1, 0.15) is 16.9 Å². The van der Waals surface area contributed by atoms with Crippen molar-refractivity contribution in [2.24, 2.45) is 5.92 Å². The maximum Gasteiger partial charge on any atom is 0.331 e. The lowest BCUT2D eigenvalue weighted by Crippen LogP contribution is -2.54. The summed E-state index contributed by atoms with van der Waals surface area (Å²) in [5, 5.41) is 2.81. The molecule has 178 valence electrons. The van der Waals surface area contributed by atoms with Gasteiger partial charge in [0.05, 0.1) is 26.0 Å². The van der Waals surface area contributed by atoms with E-state index in [0.29, 0.717) is 31.2 Å². The molecule has 0 atom stereocenters. The van der Waals surface area contributed by atoms with Crippen LogP contribution in [0, 0.1) is 5.92 Å². The predicted octanol–water partition coefficient (Wildman–Crippen LogP) is 2.90. The number of alkyl halides is 1. The Morgan fingerprint density at radius 1 is 1.25 bits per heavy atom. The molecule has 32 heavy (non-hydrogen) atoms. The number of hydrogen-bond acceptors (Lipinski definition) is 7. The average Bonchev–Trinajstić information content (AvgIpc) is 3.60. The van der Waals surface area contributed by atoms with Crippen molar-refractivity contribution in [1.29, 1.82) is 0 Å². The Morgan fingerprint density at radius 2 is 1.97 bits per heavy atom. The third-order valence-electron chi connectivity index (χ3n) is 6.21. The monoisotopic (exact) mass is 451 g/mol. The molecule has 0 unspecified atom stereocenters. The smallest absolute Gasteiger partial charge is 0.331 e. The van der Waals surface area contributed by atoms with Crippen LogP contribution in [0.3, 0.4) is 0 Å². The first kappa shape index (κ1) is 24.2. The van der Waals surface area contributed by atoms with E-state index in [1.54, 1.807) is 27.0 Å². The average molecular weight is 452 g/mol. The number of methoxy groups -OCH3 is 1. The zero-order chi connectivity index (χ0) is 23.1. The number of carbonyl (C=O) groups excluding carboxylic acids is 2. The van der Waals surface area contributed by atoms with Gasteiger partial charge in [-0.05, 0) is 43.7 Å². The lowest BCUT2D eigenvalue weighted by molar-refractivity contribution is -0.152. The normalized spacial score (nSPS) is 16.4. The standard InChI is InChI=1S/C23H34FN3O5/c1-4-23(5-2,22(29)31-12-6-11-24)26-20(28)18-9-10-19(27-13-17(14-27)30-3)21(25-18)32-15-16-7-8-16/h9-10,16-17H,4-8,11-15H2,1-3H3,(H,26,28). The molecule has 0 bridgehead atoms. The molecular formula is C23H34FN3O5. The number of esters is 1. The van der Waals surface area contributed by atoms with Gasteiger partial charge in [0.15, 0.2) is 0 Å². The minimum atomic E-state index is -1.19. The highest BCUT2D eigenvalue weighted by molar-refractivity contribution is 5.97. The molecule has 1 amide bonds. The van der Waals surface area contributed by atoms with E-state index in [-0.39, 0.29) is 24.8 Å². The highest BCUT2D eigenvalue weighted by Crippen LogP contribution is 2.34. The Kier molecular flexibility index (Phi) is 8.28. The quantitative estimate of drug-likeness (QED) is 0.364. The number of ether oxygens (including phenoxy) is 3. The summed E-state index contributed by atoms with van der Waals surface area (Å²) in [6.07, 6.45) is 3.29. The first-order chi connectivity index (χ1) is 15.5. The van der Waals surface area contributed by atoms with Crippen molar-refractivity contribution < 1.29 is 28.2 Å². The van der Waals surface area contributed by atoms with E-state index < -0.39 is 24.1 Å². The number of nitrogens with zero attached hydrogens (tertiary/aromatic N) is 2. The molecule has 9 heteroatoms. The van der Waals surface area contributed by atoms with Crippen molar-refractivity contribution in [3.63, 3.8) is 0 Å². The van der Waals surface area contributed by atoms with Crippen LogP contribution in [-0.2, 0) is 14.3 Å². The van der Waals surface area contributed by atoms with Gasteiger partial charge < -0.3 is 24.4 Å². The van der Waals surface area contributed by atoms with Crippen molar-refractivity contribution >= 4 is 17.6 Å². The zero-order valence-electron chi connectivity index (χ0n) is 19.2. The predicted molar refractivity (Wildman–Crippen MR) is 118 cm³/mol. The summed E-state index contributed by atoms with van der Waals surface area (Å²) < 4.78 is 28.9. The fourth-order valence-corrected chi connectivity index (χ4v) is 3.58. The number of pyridine rings is 1. The number of rotatable bonds is 13. The Balaban J connectivity index is 1.75. The van der Waals surface area contributed by atoms with Gasteiger partial charge in [0.25, 0.3) is 5.91 Å². The largest absolute Gasteiger partial charge is 0.476 e. The van der Waals surface area contributed by atoms with Crippen LogP contribution in [0.15, 0.2) is 12.1 Å². The SMILES string of the molecule is CCC(CC)(NC(=O)c1ccc(N2CC(OC)C2)c(OCC2CC2)n1)C(=O)OCCCF. The third-order valence-corrected chi connectivity index (χ3v) is 6.21. The van der Waals surface area contributed by atoms with Gasteiger partial charge in [-0.3, -0.25) is 9.18 Å². The maximum absolute atomic E-state index is 13.0. The molecule has 8 nitrogen and oxygen atoms in total. The van der Waals surface area contributed by atoms with Crippen LogP contribution in [0.1, 0.15) is 56.4 Å². The van der Waals surface area contributed by atoms with Crippen molar-refractivity contribution in [3.8, 4) is 5.88 Å². The van der Waals surface area contributed by atoms with Gasteiger partial charge in [-0.25, -0.2) is 9.78 Å². The van der Waals surface area contributed by atoms with E-state index in [4.69, 9.17) is 14.2 Å². The molecule has 1 N–H and O–H groups in total. The van der Waals surface area contributed by atoms with Crippen LogP contribution in [0.4, 0.5) is 10.1 Å². The molecule has 2 fully saturated rings. The third kappa shape index (κ3) is 5.68. The molecule has 1 aromatic heterocycles. The highest BCUT2D eigenvalue weighted by atomic mass is 19.1. The zero-order valence-corrected chi connectivity index (χ0v) is 19.2. The Bertz CT molecular complexity index is 792. The van der Waals surface area contributed by atoms with Crippen LogP contribution < -0.4 is 15.0 Å². The van der Waals surface area contributed by atoms with Gasteiger partial charge in [-0.15, -0.1) is 0 Å². The molecule has 1 aliphatic heterocycles. The van der Waals surface area contributed by atoms with E-state index in [1.807, 2.05) is 6.07 Å². The number of anilines is 1. The van der Waals surface area contributed by atoms with Crippen molar-refractivity contribution in [2.75, 3.05) is 45.0 Å². The van der Waals surface area contributed by atoms with E-state index in [1.165, 1.54) is 0 Å². The Hall–Kier alpha value is -2.42. The van der Waals surface area contributed by atoms with Gasteiger partial charge >= 0.3 is 5.97 Å². The van der Waals surface area contributed by atoms with E-state index >= 15 is 0 Å². The second kappa shape index (κ2) is 10.9. The Morgan fingerprint density at radius 3 is 2.56 bits per heavy atom. The van der Waals surface area contributed by atoms with Gasteiger partial charge in [0.2, 0.25) is 5.88 Å². The lowest BCUT2D eigenvalue weighted by atomic mass is 9.92. The molecule has 1 saturated heterocycles. The Labute approximate surface area is 188 Å². The van der Waals surface area contributed by atoms with Gasteiger partial charge in [-0.1, -0.05) is 13.8 Å². The lowest BCUT2D eigenvalue weighted by Gasteiger charge is -2.40. The topological polar surface area (TPSA) is 90.0 Å². The molecule has 0 spiro atoms. The number of amides is 1. The van der Waals surface area contributed by atoms with Crippen LogP contribution in [0.2, 0.25) is 0 Å². The van der Waals surface area contributed by atoms with Crippen LogP contribution >= 0.6 is 0 Å². The summed E-state index contributed by atoms with van der Waals surface area (Å²) in [6, 6.07) is 3.47. The van der Waals surface area contributed by atoms with E-state index in [0.717, 1.165) is 31.6 Å². The minimum Gasteiger partial charge on any atom is -0.476 e. The molecule has 2 aliphatic rings. The number of aromatic nitrogens is 1. The van der Waals surface area contributed by atoms with Crippen LogP contribution in [-0.4, -0.2) is 68.6 Å². The highest BCUT2D eigenvalue weighted by Gasteiger charge is 2.39. The first-order valence-electron chi connectivity index (χ1n) is 11.4. The molecule has 2 heterocycles. The van der Waals surface area contributed by atoms with Crippen molar-refractivity contribution in [2.45, 2.75) is 57.6 Å². The van der Waals surface area contributed by atoms with E-state index in [9.17, 15) is 14.0 Å². The second-order valence-electron chi connectivity index (χ2n) is 8.46. The molecule has 3 rings (SSSR count).